The van der Waals surface area contributed by atoms with Gasteiger partial charge in [-0.3, -0.25) is 4.79 Å². The number of nitrogens with zero attached hydrogens (tertiary/aromatic N) is 1. The van der Waals surface area contributed by atoms with Gasteiger partial charge in [0.25, 0.3) is 5.91 Å². The molecule has 0 saturated heterocycles. The lowest BCUT2D eigenvalue weighted by molar-refractivity contribution is 0.0948. The Hall–Kier alpha value is -2.40. The summed E-state index contributed by atoms with van der Waals surface area (Å²) in [4.78, 5) is 16.4. The molecule has 0 spiro atoms. The molecule has 1 heterocycles. The summed E-state index contributed by atoms with van der Waals surface area (Å²) in [7, 11) is 1.65. The molecule has 0 bridgehead atoms. The van der Waals surface area contributed by atoms with Crippen LogP contribution in [0, 0.1) is 13.8 Å². The van der Waals surface area contributed by atoms with Gasteiger partial charge in [-0.2, -0.15) is 0 Å². The van der Waals surface area contributed by atoms with Crippen LogP contribution in [0.15, 0.2) is 36.5 Å². The van der Waals surface area contributed by atoms with E-state index in [-0.39, 0.29) is 5.91 Å². The van der Waals surface area contributed by atoms with Gasteiger partial charge in [0.2, 0.25) is 0 Å². The second-order valence-electron chi connectivity index (χ2n) is 5.48. The molecule has 0 atom stereocenters. The molecule has 2 N–H and O–H groups in total. The van der Waals surface area contributed by atoms with Gasteiger partial charge < -0.3 is 15.4 Å². The second-order valence-corrected chi connectivity index (χ2v) is 5.48. The third-order valence-corrected chi connectivity index (χ3v) is 3.48. The number of benzene rings is 1. The molecule has 1 aromatic heterocycles. The van der Waals surface area contributed by atoms with E-state index in [1.165, 1.54) is 5.56 Å². The first-order valence-corrected chi connectivity index (χ1v) is 7.67. The van der Waals surface area contributed by atoms with Crippen LogP contribution in [-0.4, -0.2) is 31.2 Å². The third-order valence-electron chi connectivity index (χ3n) is 3.48. The van der Waals surface area contributed by atoms with Gasteiger partial charge in [0.15, 0.2) is 0 Å². The lowest BCUT2D eigenvalue weighted by atomic mass is 10.1. The Morgan fingerprint density at radius 2 is 2.04 bits per heavy atom. The molecule has 0 fully saturated rings. The summed E-state index contributed by atoms with van der Waals surface area (Å²) in [6.45, 7) is 5.33. The summed E-state index contributed by atoms with van der Waals surface area (Å²) in [5, 5.41) is 6.13. The first kappa shape index (κ1) is 17.0. The maximum Gasteiger partial charge on any atom is 0.251 e. The first-order chi connectivity index (χ1) is 11.1. The number of aryl methyl sites for hydroxylation is 2. The van der Waals surface area contributed by atoms with Crippen LogP contribution in [0.25, 0.3) is 0 Å². The van der Waals surface area contributed by atoms with E-state index in [2.05, 4.69) is 28.6 Å². The minimum absolute atomic E-state index is 0.104. The summed E-state index contributed by atoms with van der Waals surface area (Å²) in [5.74, 6) is 0.550. The Bertz CT molecular complexity index is 671. The van der Waals surface area contributed by atoms with E-state index >= 15 is 0 Å². The monoisotopic (exact) mass is 313 g/mol. The normalized spacial score (nSPS) is 10.4. The number of pyridine rings is 1. The SMILES string of the molecule is COCCCNC(=O)c1ccnc(Nc2ccc(C)cc2C)c1. The molecule has 0 saturated carbocycles. The van der Waals surface area contributed by atoms with Crippen molar-refractivity contribution >= 4 is 17.4 Å². The highest BCUT2D eigenvalue weighted by molar-refractivity contribution is 5.94. The molecule has 2 rings (SSSR count). The zero-order chi connectivity index (χ0) is 16.7. The highest BCUT2D eigenvalue weighted by Crippen LogP contribution is 2.20. The van der Waals surface area contributed by atoms with Crippen molar-refractivity contribution in [2.24, 2.45) is 0 Å². The molecule has 0 unspecified atom stereocenters. The molecule has 5 heteroatoms. The number of carbonyl (C=O) groups excluding carboxylic acids is 1. The van der Waals surface area contributed by atoms with Crippen LogP contribution >= 0.6 is 0 Å². The number of methoxy groups -OCH3 is 1. The van der Waals surface area contributed by atoms with Crippen LogP contribution in [0.1, 0.15) is 27.9 Å². The molecule has 0 aliphatic heterocycles. The zero-order valence-corrected chi connectivity index (χ0v) is 13.8. The molecule has 1 amide bonds. The molecule has 0 aliphatic rings. The fourth-order valence-corrected chi connectivity index (χ4v) is 2.25. The highest BCUT2D eigenvalue weighted by atomic mass is 16.5. The van der Waals surface area contributed by atoms with Gasteiger partial charge in [-0.1, -0.05) is 17.7 Å². The number of anilines is 2. The molecule has 122 valence electrons. The number of hydrogen-bond acceptors (Lipinski definition) is 4. The molecule has 5 nitrogen and oxygen atoms in total. The predicted molar refractivity (Wildman–Crippen MR) is 92.3 cm³/mol. The van der Waals surface area contributed by atoms with Crippen LogP contribution in [0.3, 0.4) is 0 Å². The van der Waals surface area contributed by atoms with Crippen LogP contribution in [0.4, 0.5) is 11.5 Å². The van der Waals surface area contributed by atoms with Gasteiger partial charge in [0, 0.05) is 37.7 Å². The second kappa shape index (κ2) is 8.29. The number of ether oxygens (including phenoxy) is 1. The van der Waals surface area contributed by atoms with Crippen molar-refractivity contribution in [3.8, 4) is 0 Å². The van der Waals surface area contributed by atoms with E-state index in [1.54, 1.807) is 25.4 Å². The van der Waals surface area contributed by atoms with Crippen molar-refractivity contribution in [2.45, 2.75) is 20.3 Å². The number of nitrogens with one attached hydrogen (secondary N) is 2. The molecule has 23 heavy (non-hydrogen) atoms. The fourth-order valence-electron chi connectivity index (χ4n) is 2.25. The minimum Gasteiger partial charge on any atom is -0.385 e. The highest BCUT2D eigenvalue weighted by Gasteiger charge is 2.07. The summed E-state index contributed by atoms with van der Waals surface area (Å²) < 4.78 is 4.96. The van der Waals surface area contributed by atoms with E-state index in [0.29, 0.717) is 24.5 Å². The number of carbonyl (C=O) groups is 1. The van der Waals surface area contributed by atoms with E-state index < -0.39 is 0 Å². The molecular formula is C18H23N3O2. The summed E-state index contributed by atoms with van der Waals surface area (Å²) >= 11 is 0. The van der Waals surface area contributed by atoms with Crippen molar-refractivity contribution in [3.63, 3.8) is 0 Å². The molecular weight excluding hydrogens is 290 g/mol. The van der Waals surface area contributed by atoms with Gasteiger partial charge in [0.05, 0.1) is 0 Å². The fraction of sp³-hybridized carbons (Fsp3) is 0.333. The first-order valence-electron chi connectivity index (χ1n) is 7.67. The summed E-state index contributed by atoms with van der Waals surface area (Å²) in [6.07, 6.45) is 2.43. The maximum absolute atomic E-state index is 12.1. The van der Waals surface area contributed by atoms with Crippen molar-refractivity contribution in [1.29, 1.82) is 0 Å². The third kappa shape index (κ3) is 5.07. The topological polar surface area (TPSA) is 63.2 Å². The predicted octanol–water partition coefficient (Wildman–Crippen LogP) is 3.21. The van der Waals surface area contributed by atoms with Crippen molar-refractivity contribution < 1.29 is 9.53 Å². The lowest BCUT2D eigenvalue weighted by Crippen LogP contribution is -2.25. The van der Waals surface area contributed by atoms with Crippen molar-refractivity contribution in [3.05, 3.63) is 53.2 Å². The van der Waals surface area contributed by atoms with Crippen molar-refractivity contribution in [1.82, 2.24) is 10.3 Å². The van der Waals surface area contributed by atoms with Gasteiger partial charge in [-0.15, -0.1) is 0 Å². The van der Waals surface area contributed by atoms with E-state index in [0.717, 1.165) is 17.7 Å². The Balaban J connectivity index is 2.03. The maximum atomic E-state index is 12.1. The molecule has 1 aromatic carbocycles. The Morgan fingerprint density at radius 3 is 2.78 bits per heavy atom. The quantitative estimate of drug-likeness (QED) is 0.771. The Labute approximate surface area is 137 Å². The average Bonchev–Trinajstić information content (AvgIpc) is 2.54. The molecule has 0 radical (unpaired) electrons. The average molecular weight is 313 g/mol. The van der Waals surface area contributed by atoms with Crippen LogP contribution in [0.2, 0.25) is 0 Å². The van der Waals surface area contributed by atoms with Gasteiger partial charge in [-0.25, -0.2) is 4.98 Å². The van der Waals surface area contributed by atoms with E-state index in [4.69, 9.17) is 4.74 Å². The number of aromatic nitrogens is 1. The largest absolute Gasteiger partial charge is 0.385 e. The summed E-state index contributed by atoms with van der Waals surface area (Å²) in [6, 6.07) is 9.63. The number of rotatable bonds is 7. The van der Waals surface area contributed by atoms with Crippen LogP contribution in [0.5, 0.6) is 0 Å². The number of hydrogen-bond donors (Lipinski definition) is 2. The van der Waals surface area contributed by atoms with Crippen molar-refractivity contribution in [2.75, 3.05) is 25.6 Å². The Morgan fingerprint density at radius 1 is 1.22 bits per heavy atom. The van der Waals surface area contributed by atoms with Gasteiger partial charge in [-0.05, 0) is 44.0 Å². The lowest BCUT2D eigenvalue weighted by Gasteiger charge is -2.11. The standard InChI is InChI=1S/C18H23N3O2/c1-13-5-6-16(14(2)11-13)21-17-12-15(7-9-19-17)18(22)20-8-4-10-23-3/h5-7,9,11-12H,4,8,10H2,1-3H3,(H,19,21)(H,20,22). The summed E-state index contributed by atoms with van der Waals surface area (Å²) in [5.41, 5.74) is 3.93. The van der Waals surface area contributed by atoms with Gasteiger partial charge in [0.1, 0.15) is 5.82 Å². The van der Waals surface area contributed by atoms with Crippen LogP contribution < -0.4 is 10.6 Å². The molecule has 2 aromatic rings. The minimum atomic E-state index is -0.104. The smallest absolute Gasteiger partial charge is 0.251 e. The van der Waals surface area contributed by atoms with E-state index in [9.17, 15) is 4.79 Å². The van der Waals surface area contributed by atoms with Crippen LogP contribution in [-0.2, 0) is 4.74 Å². The number of amides is 1. The van der Waals surface area contributed by atoms with E-state index in [1.807, 2.05) is 19.1 Å². The van der Waals surface area contributed by atoms with Gasteiger partial charge >= 0.3 is 0 Å². The Kier molecular flexibility index (Phi) is 6.11. The zero-order valence-electron chi connectivity index (χ0n) is 13.8. The molecule has 0 aliphatic carbocycles.